The predicted octanol–water partition coefficient (Wildman–Crippen LogP) is 2.54. The van der Waals surface area contributed by atoms with Crippen LogP contribution in [0.15, 0.2) is 34.2 Å². The second kappa shape index (κ2) is 5.38. The summed E-state index contributed by atoms with van der Waals surface area (Å²) in [5, 5.41) is 5.09. The molecule has 5 nitrogen and oxygen atoms in total. The first-order valence-corrected chi connectivity index (χ1v) is 8.48. The molecule has 0 spiro atoms. The van der Waals surface area contributed by atoms with Gasteiger partial charge in [0.2, 0.25) is 0 Å². The fraction of sp³-hybridized carbons (Fsp3) is 0.294. The monoisotopic (exact) mass is 325 g/mol. The van der Waals surface area contributed by atoms with Crippen molar-refractivity contribution < 1.29 is 4.79 Å². The van der Waals surface area contributed by atoms with E-state index in [0.29, 0.717) is 11.5 Å². The summed E-state index contributed by atoms with van der Waals surface area (Å²) in [6.07, 6.45) is 10.4. The maximum atomic E-state index is 12.9. The zero-order valence-electron chi connectivity index (χ0n) is 12.7. The fourth-order valence-electron chi connectivity index (χ4n) is 3.04. The van der Waals surface area contributed by atoms with Gasteiger partial charge in [-0.25, -0.2) is 4.98 Å². The van der Waals surface area contributed by atoms with Gasteiger partial charge in [-0.3, -0.25) is 9.59 Å². The average Bonchev–Trinajstić information content (AvgIpc) is 2.91. The number of carbonyl (C=O) groups excluding carboxylic acids is 1. The van der Waals surface area contributed by atoms with Crippen LogP contribution in [-0.2, 0) is 17.6 Å². The molecule has 23 heavy (non-hydrogen) atoms. The average molecular weight is 325 g/mol. The van der Waals surface area contributed by atoms with E-state index in [9.17, 15) is 9.59 Å². The SMILES string of the molecule is Cc1nc2sc3c(c2c(=O)n1N=C1C=CC(=O)C=C1)CCCC3. The van der Waals surface area contributed by atoms with Crippen molar-refractivity contribution in [3.05, 3.63) is 50.9 Å². The molecular weight excluding hydrogens is 310 g/mol. The Kier molecular flexibility index (Phi) is 3.34. The Morgan fingerprint density at radius 3 is 2.65 bits per heavy atom. The molecule has 0 bridgehead atoms. The van der Waals surface area contributed by atoms with E-state index >= 15 is 0 Å². The zero-order valence-corrected chi connectivity index (χ0v) is 13.5. The number of carbonyl (C=O) groups is 1. The van der Waals surface area contributed by atoms with Crippen LogP contribution in [0.5, 0.6) is 0 Å². The molecule has 2 aliphatic rings. The van der Waals surface area contributed by atoms with Crippen molar-refractivity contribution >= 4 is 33.0 Å². The number of thiophene rings is 1. The van der Waals surface area contributed by atoms with Crippen LogP contribution in [0.2, 0.25) is 0 Å². The van der Waals surface area contributed by atoms with Gasteiger partial charge in [-0.1, -0.05) is 0 Å². The highest BCUT2D eigenvalue weighted by molar-refractivity contribution is 7.18. The van der Waals surface area contributed by atoms with E-state index in [-0.39, 0.29) is 11.3 Å². The predicted molar refractivity (Wildman–Crippen MR) is 91.4 cm³/mol. The first-order chi connectivity index (χ1) is 11.1. The van der Waals surface area contributed by atoms with Gasteiger partial charge in [-0.15, -0.1) is 11.3 Å². The van der Waals surface area contributed by atoms with Crippen LogP contribution in [0.3, 0.4) is 0 Å². The third-order valence-electron chi connectivity index (χ3n) is 4.18. The molecule has 2 aromatic heterocycles. The molecule has 0 saturated carbocycles. The molecule has 0 aromatic carbocycles. The van der Waals surface area contributed by atoms with Gasteiger partial charge in [-0.05, 0) is 62.5 Å². The van der Waals surface area contributed by atoms with Crippen LogP contribution in [0.4, 0.5) is 0 Å². The highest BCUT2D eigenvalue weighted by Gasteiger charge is 2.21. The Balaban J connectivity index is 1.92. The molecule has 0 radical (unpaired) electrons. The van der Waals surface area contributed by atoms with Crippen LogP contribution < -0.4 is 5.56 Å². The van der Waals surface area contributed by atoms with Gasteiger partial charge in [0.25, 0.3) is 5.56 Å². The van der Waals surface area contributed by atoms with Crippen molar-refractivity contribution in [1.29, 1.82) is 0 Å². The van der Waals surface area contributed by atoms with Crippen molar-refractivity contribution in [3.8, 4) is 0 Å². The summed E-state index contributed by atoms with van der Waals surface area (Å²) in [6.45, 7) is 1.78. The lowest BCUT2D eigenvalue weighted by atomic mass is 9.97. The molecule has 2 aliphatic carbocycles. The number of aryl methyl sites for hydroxylation is 3. The van der Waals surface area contributed by atoms with Gasteiger partial charge in [0, 0.05) is 4.88 Å². The molecule has 0 amide bonds. The minimum atomic E-state index is -0.113. The normalized spacial score (nSPS) is 16.9. The Morgan fingerprint density at radius 2 is 1.87 bits per heavy atom. The second-order valence-electron chi connectivity index (χ2n) is 5.76. The first kappa shape index (κ1) is 14.3. The van der Waals surface area contributed by atoms with E-state index in [0.717, 1.165) is 35.0 Å². The zero-order chi connectivity index (χ0) is 16.0. The molecule has 0 atom stereocenters. The van der Waals surface area contributed by atoms with Gasteiger partial charge in [0.1, 0.15) is 10.7 Å². The summed E-state index contributed by atoms with van der Waals surface area (Å²) >= 11 is 1.64. The van der Waals surface area contributed by atoms with Gasteiger partial charge in [-0.2, -0.15) is 9.78 Å². The lowest BCUT2D eigenvalue weighted by Crippen LogP contribution is -2.22. The largest absolute Gasteiger partial charge is 0.290 e. The lowest BCUT2D eigenvalue weighted by molar-refractivity contribution is -0.110. The van der Waals surface area contributed by atoms with Crippen molar-refractivity contribution in [2.24, 2.45) is 5.10 Å². The van der Waals surface area contributed by atoms with Crippen molar-refractivity contribution in [1.82, 2.24) is 9.66 Å². The van der Waals surface area contributed by atoms with Crippen LogP contribution in [-0.4, -0.2) is 21.2 Å². The van der Waals surface area contributed by atoms with Gasteiger partial charge >= 0.3 is 0 Å². The molecule has 4 rings (SSSR count). The van der Waals surface area contributed by atoms with E-state index in [1.807, 2.05) is 0 Å². The highest BCUT2D eigenvalue weighted by atomic mass is 32.1. The number of fused-ring (bicyclic) bond motifs is 3. The minimum absolute atomic E-state index is 0.0755. The van der Waals surface area contributed by atoms with E-state index in [1.54, 1.807) is 30.4 Å². The second-order valence-corrected chi connectivity index (χ2v) is 6.84. The molecule has 2 heterocycles. The number of allylic oxidation sites excluding steroid dienone is 4. The van der Waals surface area contributed by atoms with Crippen LogP contribution in [0.25, 0.3) is 10.2 Å². The van der Waals surface area contributed by atoms with Gasteiger partial charge in [0.05, 0.1) is 11.1 Å². The molecule has 0 unspecified atom stereocenters. The van der Waals surface area contributed by atoms with Gasteiger partial charge in [0.15, 0.2) is 5.78 Å². The number of ketones is 1. The van der Waals surface area contributed by atoms with Crippen LogP contribution in [0.1, 0.15) is 29.1 Å². The summed E-state index contributed by atoms with van der Waals surface area (Å²) in [5.41, 5.74) is 1.62. The molecular formula is C17H15N3O2S. The maximum Gasteiger partial charge on any atom is 0.283 e. The fourth-order valence-corrected chi connectivity index (χ4v) is 4.34. The summed E-state index contributed by atoms with van der Waals surface area (Å²) in [7, 11) is 0. The number of nitrogens with zero attached hydrogens (tertiary/aromatic N) is 3. The molecule has 0 fully saturated rings. The van der Waals surface area contributed by atoms with Crippen molar-refractivity contribution in [2.75, 3.05) is 0 Å². The molecule has 6 heteroatoms. The molecule has 0 saturated heterocycles. The smallest absolute Gasteiger partial charge is 0.283 e. The van der Waals surface area contributed by atoms with E-state index in [4.69, 9.17) is 0 Å². The minimum Gasteiger partial charge on any atom is -0.290 e. The Morgan fingerprint density at radius 1 is 1.13 bits per heavy atom. The molecule has 0 N–H and O–H groups in total. The van der Waals surface area contributed by atoms with E-state index < -0.39 is 0 Å². The third kappa shape index (κ3) is 2.39. The van der Waals surface area contributed by atoms with E-state index in [2.05, 4.69) is 10.1 Å². The van der Waals surface area contributed by atoms with Crippen molar-refractivity contribution in [2.45, 2.75) is 32.6 Å². The van der Waals surface area contributed by atoms with Crippen LogP contribution in [0, 0.1) is 6.92 Å². The summed E-state index contributed by atoms with van der Waals surface area (Å²) < 4.78 is 1.35. The first-order valence-electron chi connectivity index (χ1n) is 7.66. The number of rotatable bonds is 1. The quantitative estimate of drug-likeness (QED) is 0.757. The van der Waals surface area contributed by atoms with Crippen molar-refractivity contribution in [3.63, 3.8) is 0 Å². The summed E-state index contributed by atoms with van der Waals surface area (Å²) in [6, 6.07) is 0. The standard InChI is InChI=1S/C17H15N3O2S/c1-10-18-16-15(13-4-2-3-5-14(13)23-16)17(22)20(10)19-11-6-8-12(21)9-7-11/h6-9H,2-5H2,1H3. The number of hydrogen-bond acceptors (Lipinski definition) is 5. The summed E-state index contributed by atoms with van der Waals surface area (Å²) in [4.78, 5) is 30.8. The number of hydrogen-bond donors (Lipinski definition) is 0. The Bertz CT molecular complexity index is 958. The highest BCUT2D eigenvalue weighted by Crippen LogP contribution is 2.33. The van der Waals surface area contributed by atoms with E-state index in [1.165, 1.54) is 28.1 Å². The van der Waals surface area contributed by atoms with Gasteiger partial charge < -0.3 is 0 Å². The number of aromatic nitrogens is 2. The Hall–Kier alpha value is -2.34. The summed E-state index contributed by atoms with van der Waals surface area (Å²) in [5.74, 6) is 0.487. The maximum absolute atomic E-state index is 12.9. The Labute approximate surface area is 136 Å². The molecule has 0 aliphatic heterocycles. The van der Waals surface area contributed by atoms with Crippen LogP contribution >= 0.6 is 11.3 Å². The molecule has 2 aromatic rings. The molecule has 116 valence electrons. The lowest BCUT2D eigenvalue weighted by Gasteiger charge is -2.10. The topological polar surface area (TPSA) is 64.3 Å². The third-order valence-corrected chi connectivity index (χ3v) is 5.37.